The maximum Gasteiger partial charge on any atom is 0.312 e. The number of hydrogen-bond acceptors (Lipinski definition) is 6. The van der Waals surface area contributed by atoms with Gasteiger partial charge in [-0.25, -0.2) is 0 Å². The molecule has 5 rings (SSSR count). The van der Waals surface area contributed by atoms with Gasteiger partial charge in [0.25, 0.3) is 5.91 Å². The fourth-order valence-corrected chi connectivity index (χ4v) is 4.84. The van der Waals surface area contributed by atoms with Crippen molar-refractivity contribution in [3.8, 4) is 5.75 Å². The average molecular weight is 518 g/mol. The van der Waals surface area contributed by atoms with Crippen LogP contribution in [-0.2, 0) is 6.54 Å². The first-order chi connectivity index (χ1) is 17.8. The zero-order chi connectivity index (χ0) is 26.3. The monoisotopic (exact) mass is 517 g/mol. The summed E-state index contributed by atoms with van der Waals surface area (Å²) in [5.41, 5.74) is 4.37. The van der Waals surface area contributed by atoms with Gasteiger partial charge in [0.1, 0.15) is 23.3 Å². The highest BCUT2D eigenvalue weighted by atomic mass is 35.5. The normalized spacial score (nSPS) is 14.8. The number of aromatic nitrogens is 2. The summed E-state index contributed by atoms with van der Waals surface area (Å²) in [5.74, 6) is 0.466. The van der Waals surface area contributed by atoms with E-state index in [-0.39, 0.29) is 18.1 Å². The van der Waals surface area contributed by atoms with Gasteiger partial charge in [-0.3, -0.25) is 24.5 Å². The number of aryl methyl sites for hydroxylation is 1. The highest BCUT2D eigenvalue weighted by Gasteiger charge is 2.34. The molecule has 0 saturated heterocycles. The van der Waals surface area contributed by atoms with E-state index in [1.807, 2.05) is 48.5 Å². The van der Waals surface area contributed by atoms with E-state index in [0.717, 1.165) is 16.8 Å². The molecule has 1 aromatic heterocycles. The van der Waals surface area contributed by atoms with Crippen molar-refractivity contribution >= 4 is 34.6 Å². The van der Waals surface area contributed by atoms with Gasteiger partial charge >= 0.3 is 5.69 Å². The number of carbonyl (C=O) groups is 1. The van der Waals surface area contributed by atoms with Crippen LogP contribution in [0.5, 0.6) is 5.75 Å². The Morgan fingerprint density at radius 3 is 2.51 bits per heavy atom. The lowest BCUT2D eigenvalue weighted by atomic mass is 10.0. The third-order valence-corrected chi connectivity index (χ3v) is 6.75. The van der Waals surface area contributed by atoms with E-state index in [1.54, 1.807) is 48.7 Å². The van der Waals surface area contributed by atoms with E-state index < -0.39 is 11.1 Å². The molecule has 37 heavy (non-hydrogen) atoms. The van der Waals surface area contributed by atoms with Crippen LogP contribution >= 0.6 is 11.6 Å². The lowest BCUT2D eigenvalue weighted by Crippen LogP contribution is -2.43. The predicted molar refractivity (Wildman–Crippen MR) is 142 cm³/mol. The quantitative estimate of drug-likeness (QED) is 0.253. The SMILES string of the molecule is COc1ccc([C@H]2Nc3ccccc3C(=O)N2c2ccc(Cl)cc2)cc1Cn1nc(C)c([N+](=O)[O-])c1C. The Morgan fingerprint density at radius 1 is 1.11 bits per heavy atom. The van der Waals surface area contributed by atoms with Gasteiger partial charge in [-0.15, -0.1) is 0 Å². The van der Waals surface area contributed by atoms with Crippen molar-refractivity contribution < 1.29 is 14.5 Å². The number of amides is 1. The molecular weight excluding hydrogens is 494 g/mol. The number of nitrogens with zero attached hydrogens (tertiary/aromatic N) is 4. The number of rotatable bonds is 6. The van der Waals surface area contributed by atoms with Crippen molar-refractivity contribution in [3.63, 3.8) is 0 Å². The van der Waals surface area contributed by atoms with E-state index in [4.69, 9.17) is 16.3 Å². The molecule has 1 amide bonds. The van der Waals surface area contributed by atoms with Gasteiger partial charge in [-0.05, 0) is 67.9 Å². The van der Waals surface area contributed by atoms with Crippen LogP contribution in [0.3, 0.4) is 0 Å². The predicted octanol–water partition coefficient (Wildman–Crippen LogP) is 5.89. The average Bonchev–Trinajstić information content (AvgIpc) is 3.17. The lowest BCUT2D eigenvalue weighted by molar-refractivity contribution is -0.386. The Bertz CT molecular complexity index is 1520. The maximum absolute atomic E-state index is 13.7. The number of ether oxygens (including phenoxy) is 1. The first-order valence-electron chi connectivity index (χ1n) is 11.6. The van der Waals surface area contributed by atoms with E-state index in [1.165, 1.54) is 0 Å². The summed E-state index contributed by atoms with van der Waals surface area (Å²) < 4.78 is 7.19. The third-order valence-electron chi connectivity index (χ3n) is 6.50. The minimum absolute atomic E-state index is 0.000172. The largest absolute Gasteiger partial charge is 0.496 e. The molecule has 0 unspecified atom stereocenters. The summed E-state index contributed by atoms with van der Waals surface area (Å²) in [7, 11) is 1.57. The number of carbonyl (C=O) groups excluding carboxylic acids is 1. The Balaban J connectivity index is 1.60. The molecule has 3 aromatic carbocycles. The number of methoxy groups -OCH3 is 1. The van der Waals surface area contributed by atoms with Crippen LogP contribution in [-0.4, -0.2) is 27.7 Å². The molecule has 0 bridgehead atoms. The number of anilines is 2. The molecule has 10 heteroatoms. The summed E-state index contributed by atoms with van der Waals surface area (Å²) in [4.78, 5) is 26.4. The number of nitro groups is 1. The fraction of sp³-hybridized carbons (Fsp3) is 0.185. The highest BCUT2D eigenvalue weighted by molar-refractivity contribution is 6.30. The van der Waals surface area contributed by atoms with Crippen LogP contribution in [0.2, 0.25) is 5.02 Å². The first-order valence-corrected chi connectivity index (χ1v) is 12.0. The third kappa shape index (κ3) is 4.38. The fourth-order valence-electron chi connectivity index (χ4n) is 4.71. The van der Waals surface area contributed by atoms with E-state index in [2.05, 4.69) is 10.4 Å². The summed E-state index contributed by atoms with van der Waals surface area (Å²) in [5, 5.41) is 19.9. The molecule has 9 nitrogen and oxygen atoms in total. The maximum atomic E-state index is 13.7. The van der Waals surface area contributed by atoms with Crippen LogP contribution in [0.4, 0.5) is 17.1 Å². The summed E-state index contributed by atoms with van der Waals surface area (Å²) >= 11 is 6.11. The van der Waals surface area contributed by atoms with Crippen LogP contribution in [0.15, 0.2) is 66.7 Å². The molecule has 188 valence electrons. The number of para-hydroxylation sites is 1. The molecule has 0 saturated carbocycles. The van der Waals surface area contributed by atoms with Gasteiger partial charge in [-0.2, -0.15) is 5.10 Å². The molecule has 2 heterocycles. The summed E-state index contributed by atoms with van der Waals surface area (Å²) in [6.07, 6.45) is -0.525. The van der Waals surface area contributed by atoms with Gasteiger partial charge in [0.15, 0.2) is 0 Å². The van der Waals surface area contributed by atoms with Crippen molar-refractivity contribution in [1.82, 2.24) is 9.78 Å². The number of benzene rings is 3. The second kappa shape index (κ2) is 9.59. The van der Waals surface area contributed by atoms with Gasteiger partial charge in [-0.1, -0.05) is 29.8 Å². The standard InChI is InChI=1S/C27H24ClN5O4/c1-16-25(33(35)36)17(2)31(30-16)15-19-14-18(8-13-24(19)37-3)26-29-23-7-5-4-6-22(23)27(34)32(26)21-11-9-20(28)10-12-21/h4-14,26,29H,15H2,1-3H3/t26-/m0/s1. The summed E-state index contributed by atoms with van der Waals surface area (Å²) in [6.45, 7) is 3.55. The Morgan fingerprint density at radius 2 is 1.84 bits per heavy atom. The molecule has 1 aliphatic rings. The lowest BCUT2D eigenvalue weighted by Gasteiger charge is -2.38. The van der Waals surface area contributed by atoms with Gasteiger partial charge in [0.2, 0.25) is 0 Å². The number of nitrogens with one attached hydrogen (secondary N) is 1. The molecule has 0 fully saturated rings. The summed E-state index contributed by atoms with van der Waals surface area (Å²) in [6, 6.07) is 20.1. The van der Waals surface area contributed by atoms with E-state index in [9.17, 15) is 14.9 Å². The van der Waals surface area contributed by atoms with Crippen LogP contribution in [0.1, 0.15) is 39.0 Å². The second-order valence-electron chi connectivity index (χ2n) is 8.75. The minimum atomic E-state index is -0.525. The molecule has 4 aromatic rings. The smallest absolute Gasteiger partial charge is 0.312 e. The zero-order valence-corrected chi connectivity index (χ0v) is 21.2. The molecule has 0 aliphatic carbocycles. The van der Waals surface area contributed by atoms with Gasteiger partial charge in [0, 0.05) is 22.0 Å². The first kappa shape index (κ1) is 24.3. The second-order valence-corrected chi connectivity index (χ2v) is 9.19. The molecular formula is C27H24ClN5O4. The van der Waals surface area contributed by atoms with E-state index in [0.29, 0.717) is 33.4 Å². The molecule has 1 N–H and O–H groups in total. The molecule has 1 aliphatic heterocycles. The van der Waals surface area contributed by atoms with Crippen molar-refractivity contribution in [2.75, 3.05) is 17.3 Å². The number of hydrogen-bond donors (Lipinski definition) is 1. The van der Waals surface area contributed by atoms with Gasteiger partial charge in [0.05, 0.1) is 24.1 Å². The number of halogens is 1. The van der Waals surface area contributed by atoms with Crippen molar-refractivity contribution in [1.29, 1.82) is 0 Å². The zero-order valence-electron chi connectivity index (χ0n) is 20.4. The van der Waals surface area contributed by atoms with Crippen LogP contribution < -0.4 is 15.0 Å². The number of fused-ring (bicyclic) bond motifs is 1. The van der Waals surface area contributed by atoms with Crippen molar-refractivity contribution in [3.05, 3.63) is 110 Å². The Hall–Kier alpha value is -4.37. The minimum Gasteiger partial charge on any atom is -0.496 e. The van der Waals surface area contributed by atoms with Crippen molar-refractivity contribution in [2.45, 2.75) is 26.6 Å². The van der Waals surface area contributed by atoms with Crippen LogP contribution in [0.25, 0.3) is 0 Å². The van der Waals surface area contributed by atoms with E-state index >= 15 is 0 Å². The van der Waals surface area contributed by atoms with Crippen molar-refractivity contribution in [2.24, 2.45) is 0 Å². The highest BCUT2D eigenvalue weighted by Crippen LogP contribution is 2.38. The topological polar surface area (TPSA) is 103 Å². The molecule has 1 atom stereocenters. The molecule has 0 radical (unpaired) electrons. The Kier molecular flexibility index (Phi) is 6.31. The molecule has 0 spiro atoms. The Labute approximate surface area is 218 Å². The van der Waals surface area contributed by atoms with Gasteiger partial charge < -0.3 is 10.1 Å². The van der Waals surface area contributed by atoms with Crippen LogP contribution in [0, 0.1) is 24.0 Å².